The zero-order chi connectivity index (χ0) is 19.1. The average Bonchev–Trinajstić information content (AvgIpc) is 3.12. The Morgan fingerprint density at radius 3 is 2.56 bits per heavy atom. The van der Waals surface area contributed by atoms with Crippen molar-refractivity contribution in [3.8, 4) is 0 Å². The van der Waals surface area contributed by atoms with Crippen LogP contribution in [0, 0.1) is 5.82 Å². The molecule has 2 N–H and O–H groups in total. The van der Waals surface area contributed by atoms with E-state index in [-0.39, 0.29) is 11.4 Å². The number of nitrogens with one attached hydrogen (secondary N) is 2. The number of hydrogen-bond donors (Lipinski definition) is 2. The molecule has 1 unspecified atom stereocenters. The molecule has 2 aliphatic heterocycles. The van der Waals surface area contributed by atoms with Crippen LogP contribution in [-0.2, 0) is 4.74 Å². The van der Waals surface area contributed by atoms with Crippen LogP contribution in [0.25, 0.3) is 0 Å². The van der Waals surface area contributed by atoms with E-state index in [0.29, 0.717) is 0 Å². The average molecular weight is 378 g/mol. The summed E-state index contributed by atoms with van der Waals surface area (Å²) in [5.74, 6) is 0.649. The minimum absolute atomic E-state index is 0.0751. The van der Waals surface area contributed by atoms with Crippen molar-refractivity contribution in [1.29, 1.82) is 0 Å². The molecule has 150 valence electrons. The molecule has 2 heterocycles. The molecular formula is C20H32FN5O. The van der Waals surface area contributed by atoms with Crippen molar-refractivity contribution in [2.24, 2.45) is 4.99 Å². The lowest BCUT2D eigenvalue weighted by atomic mass is 10.0. The van der Waals surface area contributed by atoms with Gasteiger partial charge in [0, 0.05) is 65.2 Å². The van der Waals surface area contributed by atoms with Gasteiger partial charge < -0.3 is 20.3 Å². The van der Waals surface area contributed by atoms with E-state index in [1.54, 1.807) is 7.05 Å². The number of anilines is 1. The number of ether oxygens (including phenoxy) is 1. The molecule has 3 rings (SSSR count). The maximum Gasteiger partial charge on any atom is 0.191 e. The van der Waals surface area contributed by atoms with Gasteiger partial charge in [-0.1, -0.05) is 0 Å². The molecular weight excluding hydrogens is 345 g/mol. The molecule has 0 bridgehead atoms. The van der Waals surface area contributed by atoms with Crippen molar-refractivity contribution >= 4 is 11.6 Å². The molecule has 1 aromatic rings. The Morgan fingerprint density at radius 2 is 1.93 bits per heavy atom. The number of halogens is 1. The monoisotopic (exact) mass is 377 g/mol. The molecule has 0 saturated carbocycles. The van der Waals surface area contributed by atoms with Gasteiger partial charge in [-0.25, -0.2) is 4.39 Å². The van der Waals surface area contributed by atoms with Gasteiger partial charge in [0.2, 0.25) is 0 Å². The third-order valence-electron chi connectivity index (χ3n) is 5.44. The Kier molecular flexibility index (Phi) is 6.90. The van der Waals surface area contributed by atoms with Gasteiger partial charge in [-0.05, 0) is 44.0 Å². The summed E-state index contributed by atoms with van der Waals surface area (Å²) in [4.78, 5) is 9.06. The Labute approximate surface area is 161 Å². The summed E-state index contributed by atoms with van der Waals surface area (Å²) in [6, 6.07) is 6.77. The highest BCUT2D eigenvalue weighted by Gasteiger charge is 2.29. The van der Waals surface area contributed by atoms with Crippen LogP contribution in [0.2, 0.25) is 0 Å². The lowest BCUT2D eigenvalue weighted by Crippen LogP contribution is -2.50. The first-order chi connectivity index (χ1) is 13.1. The molecule has 1 atom stereocenters. The number of piperazine rings is 1. The summed E-state index contributed by atoms with van der Waals surface area (Å²) in [6.45, 7) is 9.58. The number of rotatable bonds is 6. The van der Waals surface area contributed by atoms with Gasteiger partial charge in [0.05, 0.1) is 5.60 Å². The van der Waals surface area contributed by atoms with Crippen molar-refractivity contribution < 1.29 is 9.13 Å². The normalized spacial score (nSPS) is 24.3. The Morgan fingerprint density at radius 1 is 1.19 bits per heavy atom. The minimum atomic E-state index is -0.182. The SMILES string of the molecule is CN=C(NCCN1CCN(c2ccc(F)cc2)CC1)NCC1(C)CCCO1. The highest BCUT2D eigenvalue weighted by molar-refractivity contribution is 5.79. The molecule has 6 nitrogen and oxygen atoms in total. The van der Waals surface area contributed by atoms with Crippen LogP contribution >= 0.6 is 0 Å². The molecule has 7 heteroatoms. The van der Waals surface area contributed by atoms with Crippen LogP contribution in [0.1, 0.15) is 19.8 Å². The summed E-state index contributed by atoms with van der Waals surface area (Å²) in [6.07, 6.45) is 2.23. The number of guanidine groups is 1. The predicted octanol–water partition coefficient (Wildman–Crippen LogP) is 1.68. The van der Waals surface area contributed by atoms with Gasteiger partial charge in [0.1, 0.15) is 5.82 Å². The maximum atomic E-state index is 13.1. The highest BCUT2D eigenvalue weighted by Crippen LogP contribution is 2.23. The van der Waals surface area contributed by atoms with Crippen LogP contribution in [0.4, 0.5) is 10.1 Å². The third-order valence-corrected chi connectivity index (χ3v) is 5.44. The Balaban J connectivity index is 1.34. The van der Waals surface area contributed by atoms with Gasteiger partial charge >= 0.3 is 0 Å². The van der Waals surface area contributed by atoms with E-state index < -0.39 is 0 Å². The van der Waals surface area contributed by atoms with Crippen LogP contribution < -0.4 is 15.5 Å². The maximum absolute atomic E-state index is 13.1. The molecule has 0 spiro atoms. The van der Waals surface area contributed by atoms with E-state index in [9.17, 15) is 4.39 Å². The molecule has 0 radical (unpaired) electrons. The second kappa shape index (κ2) is 9.37. The fourth-order valence-corrected chi connectivity index (χ4v) is 3.68. The van der Waals surface area contributed by atoms with Gasteiger partial charge in [0.25, 0.3) is 0 Å². The quantitative estimate of drug-likeness (QED) is 0.584. The van der Waals surface area contributed by atoms with Crippen molar-refractivity contribution in [1.82, 2.24) is 15.5 Å². The van der Waals surface area contributed by atoms with E-state index in [1.807, 2.05) is 12.1 Å². The largest absolute Gasteiger partial charge is 0.373 e. The van der Waals surface area contributed by atoms with E-state index in [1.165, 1.54) is 12.1 Å². The molecule has 27 heavy (non-hydrogen) atoms. The number of aliphatic imine (C=N–C) groups is 1. The summed E-state index contributed by atoms with van der Waals surface area (Å²) in [5, 5.41) is 6.77. The van der Waals surface area contributed by atoms with E-state index in [0.717, 1.165) is 76.9 Å². The molecule has 0 amide bonds. The van der Waals surface area contributed by atoms with Gasteiger partial charge in [0.15, 0.2) is 5.96 Å². The lowest BCUT2D eigenvalue weighted by molar-refractivity contribution is 0.0243. The van der Waals surface area contributed by atoms with Crippen molar-refractivity contribution in [3.05, 3.63) is 30.1 Å². The van der Waals surface area contributed by atoms with Crippen LogP contribution in [-0.4, -0.2) is 75.9 Å². The van der Waals surface area contributed by atoms with E-state index >= 15 is 0 Å². The van der Waals surface area contributed by atoms with Gasteiger partial charge in [-0.2, -0.15) is 0 Å². The Hall–Kier alpha value is -1.86. The third kappa shape index (κ3) is 5.81. The zero-order valence-corrected chi connectivity index (χ0v) is 16.5. The summed E-state index contributed by atoms with van der Waals surface area (Å²) in [7, 11) is 1.80. The number of hydrogen-bond acceptors (Lipinski definition) is 4. The topological polar surface area (TPSA) is 52.1 Å². The van der Waals surface area contributed by atoms with Crippen molar-refractivity contribution in [3.63, 3.8) is 0 Å². The fourth-order valence-electron chi connectivity index (χ4n) is 3.68. The molecule has 1 aromatic carbocycles. The first-order valence-electron chi connectivity index (χ1n) is 9.89. The highest BCUT2D eigenvalue weighted by atomic mass is 19.1. The standard InChI is InChI=1S/C20H32FN5O/c1-20(8-3-15-27-20)16-24-19(22-2)23-9-10-25-11-13-26(14-12-25)18-6-4-17(21)5-7-18/h4-7H,3,8-16H2,1-2H3,(H2,22,23,24). The predicted molar refractivity (Wildman–Crippen MR) is 108 cm³/mol. The van der Waals surface area contributed by atoms with Gasteiger partial charge in [-0.15, -0.1) is 0 Å². The number of nitrogens with zero attached hydrogens (tertiary/aromatic N) is 3. The first kappa shape index (κ1) is 19.9. The first-order valence-corrected chi connectivity index (χ1v) is 9.89. The molecule has 2 saturated heterocycles. The second-order valence-electron chi connectivity index (χ2n) is 7.56. The molecule has 0 aliphatic carbocycles. The molecule has 0 aromatic heterocycles. The summed E-state index contributed by atoms with van der Waals surface area (Å²) < 4.78 is 18.9. The smallest absolute Gasteiger partial charge is 0.191 e. The van der Waals surface area contributed by atoms with Gasteiger partial charge in [-0.3, -0.25) is 9.89 Å². The van der Waals surface area contributed by atoms with E-state index in [4.69, 9.17) is 4.74 Å². The van der Waals surface area contributed by atoms with Crippen LogP contribution in [0.5, 0.6) is 0 Å². The minimum Gasteiger partial charge on any atom is -0.373 e. The van der Waals surface area contributed by atoms with Crippen molar-refractivity contribution in [2.45, 2.75) is 25.4 Å². The summed E-state index contributed by atoms with van der Waals surface area (Å²) >= 11 is 0. The second-order valence-corrected chi connectivity index (χ2v) is 7.56. The van der Waals surface area contributed by atoms with Crippen LogP contribution in [0.15, 0.2) is 29.3 Å². The fraction of sp³-hybridized carbons (Fsp3) is 0.650. The Bertz CT molecular complexity index is 607. The zero-order valence-electron chi connectivity index (χ0n) is 16.5. The van der Waals surface area contributed by atoms with Crippen molar-refractivity contribution in [2.75, 3.05) is 64.4 Å². The van der Waals surface area contributed by atoms with E-state index in [2.05, 4.69) is 32.3 Å². The lowest BCUT2D eigenvalue weighted by Gasteiger charge is -2.36. The summed E-state index contributed by atoms with van der Waals surface area (Å²) in [5.41, 5.74) is 1.02. The number of benzene rings is 1. The molecule has 2 aliphatic rings. The van der Waals surface area contributed by atoms with Crippen LogP contribution in [0.3, 0.4) is 0 Å². The molecule has 2 fully saturated rings.